The Kier molecular flexibility index (Phi) is 7.38. The quantitative estimate of drug-likeness (QED) is 0.218. The van der Waals surface area contributed by atoms with Crippen LogP contribution in [0.4, 0.5) is 4.79 Å². The summed E-state index contributed by atoms with van der Waals surface area (Å²) in [4.78, 5) is 41.5. The summed E-state index contributed by atoms with van der Waals surface area (Å²) in [7, 11) is 0. The number of carbonyl (C=O) groups excluding carboxylic acids is 2. The molecule has 9 heteroatoms. The van der Waals surface area contributed by atoms with Gasteiger partial charge in [0.15, 0.2) is 11.5 Å². The lowest BCUT2D eigenvalue weighted by Gasteiger charge is -2.16. The Hall–Kier alpha value is -5.44. The van der Waals surface area contributed by atoms with Crippen molar-refractivity contribution in [1.82, 2.24) is 10.3 Å². The molecule has 9 nitrogen and oxygen atoms in total. The molecule has 6 rings (SSSR count). The lowest BCUT2D eigenvalue weighted by atomic mass is 9.98. The van der Waals surface area contributed by atoms with Crippen LogP contribution in [0.25, 0.3) is 22.2 Å². The predicted octanol–water partition coefficient (Wildman–Crippen LogP) is 5.72. The molecular formula is C33H26N2O7. The molecule has 42 heavy (non-hydrogen) atoms. The van der Waals surface area contributed by atoms with Crippen LogP contribution in [0.1, 0.15) is 38.9 Å². The average Bonchev–Trinajstić information content (AvgIpc) is 3.56. The Bertz CT molecular complexity index is 1730. The minimum absolute atomic E-state index is 0.0538. The minimum Gasteiger partial charge on any atom is -0.480 e. The number of alkyl carbamates (subject to hydrolysis) is 1. The molecule has 0 bridgehead atoms. The molecular weight excluding hydrogens is 536 g/mol. The molecule has 1 aliphatic rings. The Labute approximate surface area is 240 Å². The number of amides is 1. The van der Waals surface area contributed by atoms with Crippen molar-refractivity contribution in [2.24, 2.45) is 0 Å². The molecule has 1 atom stereocenters. The van der Waals surface area contributed by atoms with Crippen LogP contribution in [-0.4, -0.2) is 40.8 Å². The van der Waals surface area contributed by atoms with Gasteiger partial charge in [0.2, 0.25) is 0 Å². The maximum atomic E-state index is 12.7. The fourth-order valence-corrected chi connectivity index (χ4v) is 5.15. The van der Waals surface area contributed by atoms with Crippen LogP contribution < -0.4 is 5.32 Å². The number of esters is 1. The van der Waals surface area contributed by atoms with Gasteiger partial charge in [-0.1, -0.05) is 78.9 Å². The zero-order valence-corrected chi connectivity index (χ0v) is 22.4. The Balaban J connectivity index is 1.09. The summed E-state index contributed by atoms with van der Waals surface area (Å²) in [6, 6.07) is 28.5. The molecule has 0 spiro atoms. The highest BCUT2D eigenvalue weighted by Crippen LogP contribution is 2.44. The second-order valence-corrected chi connectivity index (χ2v) is 9.92. The van der Waals surface area contributed by atoms with E-state index in [1.165, 1.54) is 6.07 Å². The van der Waals surface area contributed by atoms with Crippen molar-refractivity contribution in [3.8, 4) is 11.1 Å². The highest BCUT2D eigenvalue weighted by Gasteiger charge is 2.30. The zero-order chi connectivity index (χ0) is 29.1. The number of ether oxygens (including phenoxy) is 2. The number of carboxylic acid groups (broad SMARTS) is 1. The highest BCUT2D eigenvalue weighted by atomic mass is 16.5. The number of carboxylic acids is 1. The molecule has 0 saturated carbocycles. The number of aliphatic carboxylic acids is 1. The Morgan fingerprint density at radius 1 is 0.857 bits per heavy atom. The first-order chi connectivity index (χ1) is 20.5. The first-order valence-electron chi connectivity index (χ1n) is 13.4. The van der Waals surface area contributed by atoms with Gasteiger partial charge in [-0.25, -0.2) is 19.4 Å². The van der Waals surface area contributed by atoms with Gasteiger partial charge in [0, 0.05) is 5.92 Å². The molecule has 210 valence electrons. The minimum atomic E-state index is -1.34. The number of benzene rings is 4. The number of nitrogens with zero attached hydrogens (tertiary/aromatic N) is 1. The lowest BCUT2D eigenvalue weighted by molar-refractivity contribution is -0.139. The number of aromatic nitrogens is 1. The van der Waals surface area contributed by atoms with Crippen molar-refractivity contribution in [1.29, 1.82) is 0 Å². The molecule has 0 aliphatic heterocycles. The molecule has 1 aliphatic carbocycles. The fraction of sp³-hybridized carbons (Fsp3) is 0.152. The molecule has 1 heterocycles. The second kappa shape index (κ2) is 11.6. The third-order valence-corrected chi connectivity index (χ3v) is 7.19. The predicted molar refractivity (Wildman–Crippen MR) is 153 cm³/mol. The monoisotopic (exact) mass is 562 g/mol. The van der Waals surface area contributed by atoms with Crippen LogP contribution in [0.15, 0.2) is 101 Å². The third kappa shape index (κ3) is 5.57. The number of carbonyl (C=O) groups is 3. The van der Waals surface area contributed by atoms with Gasteiger partial charge in [-0.15, -0.1) is 0 Å². The standard InChI is InChI=1S/C33H26N2O7/c36-31(37)28(35-33(39)41-19-26-24-12-6-4-10-22(24)23-11-5-7-13-25(23)26)17-30-34-27-16-21(14-15-29(27)42-30)32(38)40-18-20-8-2-1-3-9-20/h1-16,26,28H,17-19H2,(H,35,39)(H,36,37). The molecule has 2 N–H and O–H groups in total. The summed E-state index contributed by atoms with van der Waals surface area (Å²) in [6.45, 7) is 0.182. The molecule has 0 saturated heterocycles. The zero-order valence-electron chi connectivity index (χ0n) is 22.4. The summed E-state index contributed by atoms with van der Waals surface area (Å²) in [6.07, 6.45) is -1.08. The van der Waals surface area contributed by atoms with E-state index >= 15 is 0 Å². The van der Waals surface area contributed by atoms with E-state index in [9.17, 15) is 19.5 Å². The Morgan fingerprint density at radius 3 is 2.21 bits per heavy atom. The molecule has 1 aromatic heterocycles. The van der Waals surface area contributed by atoms with E-state index in [1.807, 2.05) is 78.9 Å². The third-order valence-electron chi connectivity index (χ3n) is 7.19. The summed E-state index contributed by atoms with van der Waals surface area (Å²) < 4.78 is 16.6. The maximum absolute atomic E-state index is 12.7. The molecule has 5 aromatic rings. The average molecular weight is 563 g/mol. The van der Waals surface area contributed by atoms with Crippen LogP contribution in [0.3, 0.4) is 0 Å². The Morgan fingerprint density at radius 2 is 1.52 bits per heavy atom. The van der Waals surface area contributed by atoms with Gasteiger partial charge in [0.25, 0.3) is 0 Å². The topological polar surface area (TPSA) is 128 Å². The number of oxazole rings is 1. The van der Waals surface area contributed by atoms with Gasteiger partial charge in [-0.2, -0.15) is 0 Å². The van der Waals surface area contributed by atoms with Crippen LogP contribution in [-0.2, 0) is 27.3 Å². The normalized spacial score (nSPS) is 12.8. The molecule has 1 amide bonds. The van der Waals surface area contributed by atoms with E-state index < -0.39 is 24.1 Å². The van der Waals surface area contributed by atoms with Crippen molar-refractivity contribution in [2.45, 2.75) is 25.0 Å². The summed E-state index contributed by atoms with van der Waals surface area (Å²) in [5.74, 6) is -1.86. The van der Waals surface area contributed by atoms with Gasteiger partial charge in [-0.05, 0) is 46.0 Å². The number of rotatable bonds is 9. The number of nitrogens with one attached hydrogen (secondary N) is 1. The van der Waals surface area contributed by atoms with Crippen molar-refractivity contribution < 1.29 is 33.4 Å². The van der Waals surface area contributed by atoms with Gasteiger partial charge >= 0.3 is 18.0 Å². The molecule has 1 unspecified atom stereocenters. The first kappa shape index (κ1) is 26.8. The van der Waals surface area contributed by atoms with E-state index in [0.29, 0.717) is 11.1 Å². The SMILES string of the molecule is O=C(NC(Cc1nc2cc(C(=O)OCc3ccccc3)ccc2o1)C(=O)O)OCC1c2ccccc2-c2ccccc21. The molecule has 0 fully saturated rings. The first-order valence-corrected chi connectivity index (χ1v) is 13.4. The van der Waals surface area contributed by atoms with Crippen molar-refractivity contribution in [3.63, 3.8) is 0 Å². The summed E-state index contributed by atoms with van der Waals surface area (Å²) in [5.41, 5.74) is 6.17. The fourth-order valence-electron chi connectivity index (χ4n) is 5.15. The number of hydrogen-bond donors (Lipinski definition) is 2. The lowest BCUT2D eigenvalue weighted by Crippen LogP contribution is -2.43. The van der Waals surface area contributed by atoms with Crippen LogP contribution >= 0.6 is 0 Å². The number of fused-ring (bicyclic) bond motifs is 4. The van der Waals surface area contributed by atoms with E-state index in [-0.39, 0.29) is 37.0 Å². The van der Waals surface area contributed by atoms with E-state index in [2.05, 4.69) is 10.3 Å². The summed E-state index contributed by atoms with van der Waals surface area (Å²) >= 11 is 0. The van der Waals surface area contributed by atoms with Crippen molar-refractivity contribution in [3.05, 3.63) is 125 Å². The van der Waals surface area contributed by atoms with E-state index in [0.717, 1.165) is 27.8 Å². The highest BCUT2D eigenvalue weighted by molar-refractivity contribution is 5.93. The van der Waals surface area contributed by atoms with E-state index in [1.54, 1.807) is 12.1 Å². The van der Waals surface area contributed by atoms with Gasteiger partial charge in [0.1, 0.15) is 24.8 Å². The smallest absolute Gasteiger partial charge is 0.407 e. The van der Waals surface area contributed by atoms with Crippen LogP contribution in [0.2, 0.25) is 0 Å². The van der Waals surface area contributed by atoms with Gasteiger partial charge < -0.3 is 24.3 Å². The van der Waals surface area contributed by atoms with Crippen molar-refractivity contribution >= 4 is 29.1 Å². The number of hydrogen-bond acceptors (Lipinski definition) is 7. The van der Waals surface area contributed by atoms with Gasteiger partial charge in [0.05, 0.1) is 12.0 Å². The van der Waals surface area contributed by atoms with Crippen molar-refractivity contribution in [2.75, 3.05) is 6.61 Å². The molecule has 0 radical (unpaired) electrons. The van der Waals surface area contributed by atoms with Crippen LogP contribution in [0, 0.1) is 0 Å². The van der Waals surface area contributed by atoms with Gasteiger partial charge in [-0.3, -0.25) is 0 Å². The molecule has 4 aromatic carbocycles. The van der Waals surface area contributed by atoms with E-state index in [4.69, 9.17) is 13.9 Å². The second-order valence-electron chi connectivity index (χ2n) is 9.92. The summed E-state index contributed by atoms with van der Waals surface area (Å²) in [5, 5.41) is 12.2. The van der Waals surface area contributed by atoms with Crippen LogP contribution in [0.5, 0.6) is 0 Å². The largest absolute Gasteiger partial charge is 0.480 e. The maximum Gasteiger partial charge on any atom is 0.407 e.